The van der Waals surface area contributed by atoms with Crippen molar-refractivity contribution in [3.05, 3.63) is 87.1 Å². The van der Waals surface area contributed by atoms with Crippen molar-refractivity contribution in [1.82, 2.24) is 9.97 Å². The van der Waals surface area contributed by atoms with Gasteiger partial charge in [0.15, 0.2) is 5.82 Å². The van der Waals surface area contributed by atoms with E-state index in [2.05, 4.69) is 27.9 Å². The molecule has 0 radical (unpaired) electrons. The number of benzene rings is 3. The maximum absolute atomic E-state index is 12.9. The number of anilines is 1. The Hall–Kier alpha value is -3.46. The number of carbonyl (C=O) groups is 1. The first-order valence-electron chi connectivity index (χ1n) is 10.9. The number of halogens is 1. The van der Waals surface area contributed by atoms with Crippen LogP contribution in [0.1, 0.15) is 16.8 Å². The van der Waals surface area contributed by atoms with E-state index in [1.54, 1.807) is 31.4 Å². The predicted octanol–water partition coefficient (Wildman–Crippen LogP) is 5.41. The van der Waals surface area contributed by atoms with E-state index in [0.29, 0.717) is 11.5 Å². The lowest BCUT2D eigenvalue weighted by atomic mass is 9.91. The molecule has 0 bridgehead atoms. The number of aryl methyl sites for hydroxylation is 2. The number of rotatable bonds is 5. The van der Waals surface area contributed by atoms with Crippen LogP contribution in [0.2, 0.25) is 0 Å². The predicted molar refractivity (Wildman–Crippen MR) is 140 cm³/mol. The second-order valence-electron chi connectivity index (χ2n) is 8.14. The van der Waals surface area contributed by atoms with Crippen molar-refractivity contribution in [3.8, 4) is 34.0 Å². The van der Waals surface area contributed by atoms with Crippen molar-refractivity contribution in [3.63, 3.8) is 0 Å². The fraction of sp³-hybridized carbons (Fsp3) is 0.148. The molecule has 1 amide bonds. The number of hydrogen-bond acceptors (Lipinski definition) is 5. The fourth-order valence-corrected chi connectivity index (χ4v) is 4.48. The highest BCUT2D eigenvalue weighted by Crippen LogP contribution is 2.37. The fourth-order valence-electron chi connectivity index (χ4n) is 4.12. The summed E-state index contributed by atoms with van der Waals surface area (Å²) in [6.07, 6.45) is 1.79. The number of aromatic hydroxyl groups is 1. The number of nitrogens with one attached hydrogen (secondary N) is 1. The minimum Gasteiger partial charge on any atom is -0.508 e. The number of methoxy groups -OCH3 is 1. The van der Waals surface area contributed by atoms with Crippen LogP contribution in [0.3, 0.4) is 0 Å². The van der Waals surface area contributed by atoms with E-state index in [1.165, 1.54) is 0 Å². The van der Waals surface area contributed by atoms with Gasteiger partial charge in [0, 0.05) is 14.7 Å². The van der Waals surface area contributed by atoms with Crippen molar-refractivity contribution in [1.29, 1.82) is 0 Å². The molecule has 1 heterocycles. The Morgan fingerprint density at radius 1 is 1.00 bits per heavy atom. The average molecular weight is 563 g/mol. The molecule has 170 valence electrons. The van der Waals surface area contributed by atoms with Crippen molar-refractivity contribution in [2.75, 3.05) is 12.4 Å². The van der Waals surface area contributed by atoms with Gasteiger partial charge in [0.2, 0.25) is 5.91 Å². The van der Waals surface area contributed by atoms with E-state index in [9.17, 15) is 9.90 Å². The van der Waals surface area contributed by atoms with Crippen LogP contribution in [0.15, 0.2) is 66.7 Å². The van der Waals surface area contributed by atoms with Crippen molar-refractivity contribution in [2.24, 2.45) is 0 Å². The minimum absolute atomic E-state index is 0.156. The standard InChI is InChI=1S/C27H22IN3O3/c1-34-21-11-12-22-18(15-21)6-13-23-26(22)31-25(17-4-9-20(32)10-5-17)27(29-23)30-24(33)14-16-2-7-19(28)8-3-16/h2-5,7-12,15,32H,6,13-14H2,1H3,(H,29,30,33). The Morgan fingerprint density at radius 3 is 2.50 bits per heavy atom. The summed E-state index contributed by atoms with van der Waals surface area (Å²) in [6, 6.07) is 20.6. The molecule has 6 nitrogen and oxygen atoms in total. The molecule has 0 aliphatic heterocycles. The van der Waals surface area contributed by atoms with Crippen LogP contribution >= 0.6 is 22.6 Å². The van der Waals surface area contributed by atoms with Crippen molar-refractivity contribution < 1.29 is 14.6 Å². The summed E-state index contributed by atoms with van der Waals surface area (Å²) >= 11 is 2.24. The van der Waals surface area contributed by atoms with Gasteiger partial charge in [-0.2, -0.15) is 0 Å². The molecule has 0 atom stereocenters. The lowest BCUT2D eigenvalue weighted by Crippen LogP contribution is -2.19. The van der Waals surface area contributed by atoms with Crippen LogP contribution in [0, 0.1) is 3.57 Å². The van der Waals surface area contributed by atoms with Gasteiger partial charge in [-0.3, -0.25) is 4.79 Å². The van der Waals surface area contributed by atoms with Crippen LogP contribution in [-0.4, -0.2) is 28.1 Å². The summed E-state index contributed by atoms with van der Waals surface area (Å²) in [4.78, 5) is 22.7. The highest BCUT2D eigenvalue weighted by molar-refractivity contribution is 14.1. The highest BCUT2D eigenvalue weighted by atomic mass is 127. The number of phenolic OH excluding ortho intramolecular Hbond substituents is 1. The lowest BCUT2D eigenvalue weighted by Gasteiger charge is -2.21. The summed E-state index contributed by atoms with van der Waals surface area (Å²) in [5.41, 5.74) is 6.10. The first-order chi connectivity index (χ1) is 16.5. The Bertz CT molecular complexity index is 1370. The molecule has 0 saturated carbocycles. The maximum Gasteiger partial charge on any atom is 0.230 e. The number of carbonyl (C=O) groups excluding carboxylic acids is 1. The lowest BCUT2D eigenvalue weighted by molar-refractivity contribution is -0.115. The third kappa shape index (κ3) is 4.61. The smallest absolute Gasteiger partial charge is 0.230 e. The Balaban J connectivity index is 1.55. The van der Waals surface area contributed by atoms with E-state index in [-0.39, 0.29) is 18.1 Å². The molecular weight excluding hydrogens is 541 g/mol. The normalized spacial score (nSPS) is 11.9. The number of ether oxygens (including phenoxy) is 1. The summed E-state index contributed by atoms with van der Waals surface area (Å²) in [5.74, 6) is 1.25. The van der Waals surface area contributed by atoms with Gasteiger partial charge in [-0.1, -0.05) is 12.1 Å². The van der Waals surface area contributed by atoms with Crippen LogP contribution in [-0.2, 0) is 24.1 Å². The zero-order valence-corrected chi connectivity index (χ0v) is 20.7. The summed E-state index contributed by atoms with van der Waals surface area (Å²) in [5, 5.41) is 12.7. The summed E-state index contributed by atoms with van der Waals surface area (Å²) < 4.78 is 6.50. The van der Waals surface area contributed by atoms with Gasteiger partial charge in [-0.25, -0.2) is 9.97 Å². The Morgan fingerprint density at radius 2 is 1.76 bits per heavy atom. The highest BCUT2D eigenvalue weighted by Gasteiger charge is 2.23. The third-order valence-corrected chi connectivity index (χ3v) is 6.56. The number of nitrogens with zero attached hydrogens (tertiary/aromatic N) is 2. The number of phenols is 1. The number of amides is 1. The molecule has 2 N–H and O–H groups in total. The van der Waals surface area contributed by atoms with Gasteiger partial charge in [0.05, 0.1) is 24.9 Å². The van der Waals surface area contributed by atoms with Gasteiger partial charge >= 0.3 is 0 Å². The van der Waals surface area contributed by atoms with E-state index >= 15 is 0 Å². The molecule has 0 saturated heterocycles. The van der Waals surface area contributed by atoms with E-state index in [1.807, 2.05) is 42.5 Å². The molecule has 34 heavy (non-hydrogen) atoms. The second kappa shape index (κ2) is 9.42. The topological polar surface area (TPSA) is 84.3 Å². The van der Waals surface area contributed by atoms with Crippen LogP contribution < -0.4 is 10.1 Å². The molecule has 0 unspecified atom stereocenters. The van der Waals surface area contributed by atoms with E-state index in [0.717, 1.165) is 55.8 Å². The zero-order chi connectivity index (χ0) is 23.7. The van der Waals surface area contributed by atoms with E-state index in [4.69, 9.17) is 14.7 Å². The molecule has 5 rings (SSSR count). The van der Waals surface area contributed by atoms with Crippen LogP contribution in [0.5, 0.6) is 11.5 Å². The average Bonchev–Trinajstić information content (AvgIpc) is 2.85. The quantitative estimate of drug-likeness (QED) is 0.318. The SMILES string of the molecule is COc1ccc2c(c1)CCc1nc(NC(=O)Cc3ccc(I)cc3)c(-c3ccc(O)cc3)nc1-2. The van der Waals surface area contributed by atoms with Crippen molar-refractivity contribution in [2.45, 2.75) is 19.3 Å². The number of fused-ring (bicyclic) bond motifs is 3. The molecular formula is C27H22IN3O3. The summed E-state index contributed by atoms with van der Waals surface area (Å²) in [7, 11) is 1.66. The van der Waals surface area contributed by atoms with Gasteiger partial charge in [-0.05, 0) is 101 Å². The number of hydrogen-bond donors (Lipinski definition) is 2. The van der Waals surface area contributed by atoms with E-state index < -0.39 is 0 Å². The zero-order valence-electron chi connectivity index (χ0n) is 18.5. The van der Waals surface area contributed by atoms with Gasteiger partial charge in [-0.15, -0.1) is 0 Å². The molecule has 0 spiro atoms. The van der Waals surface area contributed by atoms with Crippen molar-refractivity contribution >= 4 is 34.3 Å². The van der Waals surface area contributed by atoms with Crippen LogP contribution in [0.25, 0.3) is 22.5 Å². The summed E-state index contributed by atoms with van der Waals surface area (Å²) in [6.45, 7) is 0. The molecule has 3 aromatic carbocycles. The molecule has 1 aliphatic carbocycles. The molecule has 1 aliphatic rings. The minimum atomic E-state index is -0.156. The molecule has 0 fully saturated rings. The van der Waals surface area contributed by atoms with Gasteiger partial charge in [0.25, 0.3) is 0 Å². The maximum atomic E-state index is 12.9. The Labute approximate surface area is 211 Å². The first-order valence-corrected chi connectivity index (χ1v) is 12.0. The largest absolute Gasteiger partial charge is 0.508 e. The number of aromatic nitrogens is 2. The first kappa shape index (κ1) is 22.3. The third-order valence-electron chi connectivity index (χ3n) is 5.84. The van der Waals surface area contributed by atoms with Gasteiger partial charge in [0.1, 0.15) is 17.2 Å². The van der Waals surface area contributed by atoms with Crippen LogP contribution in [0.4, 0.5) is 5.82 Å². The molecule has 1 aromatic heterocycles. The second-order valence-corrected chi connectivity index (χ2v) is 9.38. The van der Waals surface area contributed by atoms with Gasteiger partial charge < -0.3 is 15.2 Å². The molecule has 4 aromatic rings. The Kier molecular flexibility index (Phi) is 6.19. The molecule has 7 heteroatoms. The monoisotopic (exact) mass is 563 g/mol.